The summed E-state index contributed by atoms with van der Waals surface area (Å²) >= 11 is 3.42. The molecule has 0 aromatic rings. The Kier molecular flexibility index (Phi) is 13.8. The zero-order chi connectivity index (χ0) is 16.0. The van der Waals surface area contributed by atoms with Crippen LogP contribution in [0.15, 0.2) is 0 Å². The van der Waals surface area contributed by atoms with Gasteiger partial charge in [-0.15, -0.1) is 0 Å². The zero-order valence-corrected chi connectivity index (χ0v) is 15.0. The summed E-state index contributed by atoms with van der Waals surface area (Å²) in [5.41, 5.74) is 0. The first-order valence-corrected chi connectivity index (χ1v) is 10.3. The molecule has 0 radical (unpaired) electrons. The molecule has 0 aliphatic heterocycles. The van der Waals surface area contributed by atoms with Gasteiger partial charge in [0.05, 0.1) is 18.6 Å². The first-order chi connectivity index (χ1) is 9.99. The lowest BCUT2D eigenvalue weighted by Crippen LogP contribution is -2.10. The van der Waals surface area contributed by atoms with Crippen molar-refractivity contribution in [2.75, 3.05) is 5.33 Å². The average Bonchev–Trinajstić information content (AvgIpc) is 2.39. The van der Waals surface area contributed by atoms with E-state index in [1.54, 1.807) is 0 Å². The number of nitrogens with zero attached hydrogens (tertiary/aromatic N) is 1. The molecule has 7 heteroatoms. The lowest BCUT2D eigenvalue weighted by molar-refractivity contribution is 0.127. The van der Waals surface area contributed by atoms with Crippen LogP contribution in [0.2, 0.25) is 0 Å². The third-order valence-electron chi connectivity index (χ3n) is 3.27. The Morgan fingerprint density at radius 1 is 1.00 bits per heavy atom. The monoisotopic (exact) mass is 383 g/mol. The Morgan fingerprint density at radius 2 is 1.48 bits per heavy atom. The SMILES string of the molecule is N#CCC(CCCCCCCCCCCBr)OP(=O)(O)O. The minimum atomic E-state index is -4.49. The number of rotatable bonds is 14. The van der Waals surface area contributed by atoms with E-state index in [1.165, 1.54) is 38.5 Å². The summed E-state index contributed by atoms with van der Waals surface area (Å²) in [5, 5.41) is 9.70. The Morgan fingerprint density at radius 3 is 1.90 bits per heavy atom. The predicted molar refractivity (Wildman–Crippen MR) is 87.1 cm³/mol. The van der Waals surface area contributed by atoms with Crippen LogP contribution in [-0.2, 0) is 9.09 Å². The summed E-state index contributed by atoms with van der Waals surface area (Å²) in [6.07, 6.45) is 10.5. The van der Waals surface area contributed by atoms with Crippen LogP contribution in [0.3, 0.4) is 0 Å². The topological polar surface area (TPSA) is 90.5 Å². The summed E-state index contributed by atoms with van der Waals surface area (Å²) in [4.78, 5) is 17.5. The summed E-state index contributed by atoms with van der Waals surface area (Å²) in [5.74, 6) is 0. The smallest absolute Gasteiger partial charge is 0.303 e. The number of phosphoric acid groups is 1. The number of nitriles is 1. The molecular formula is C14H27BrNO4P. The van der Waals surface area contributed by atoms with Crippen molar-refractivity contribution in [2.45, 2.75) is 76.7 Å². The molecule has 2 N–H and O–H groups in total. The second-order valence-corrected chi connectivity index (χ2v) is 7.22. The van der Waals surface area contributed by atoms with Crippen molar-refractivity contribution < 1.29 is 18.9 Å². The molecule has 0 aromatic carbocycles. The van der Waals surface area contributed by atoms with Crippen molar-refractivity contribution in [1.29, 1.82) is 5.26 Å². The average molecular weight is 384 g/mol. The van der Waals surface area contributed by atoms with Gasteiger partial charge >= 0.3 is 7.82 Å². The van der Waals surface area contributed by atoms with Gasteiger partial charge in [0, 0.05) is 5.33 Å². The number of unbranched alkanes of at least 4 members (excludes halogenated alkanes) is 8. The highest BCUT2D eigenvalue weighted by atomic mass is 79.9. The summed E-state index contributed by atoms with van der Waals surface area (Å²) in [7, 11) is -4.49. The van der Waals surface area contributed by atoms with Gasteiger partial charge in [-0.25, -0.2) is 4.57 Å². The number of hydrogen-bond acceptors (Lipinski definition) is 3. The van der Waals surface area contributed by atoms with E-state index in [0.717, 1.165) is 24.6 Å². The van der Waals surface area contributed by atoms with E-state index in [1.807, 2.05) is 6.07 Å². The lowest BCUT2D eigenvalue weighted by atomic mass is 10.0. The summed E-state index contributed by atoms with van der Waals surface area (Å²) < 4.78 is 15.4. The van der Waals surface area contributed by atoms with Gasteiger partial charge in [-0.2, -0.15) is 5.26 Å². The van der Waals surface area contributed by atoms with Gasteiger partial charge in [0.15, 0.2) is 0 Å². The van der Waals surface area contributed by atoms with Gasteiger partial charge in [-0.05, 0) is 12.8 Å². The number of hydrogen-bond donors (Lipinski definition) is 2. The van der Waals surface area contributed by atoms with Crippen LogP contribution in [0.25, 0.3) is 0 Å². The van der Waals surface area contributed by atoms with Crippen molar-refractivity contribution in [3.63, 3.8) is 0 Å². The molecule has 5 nitrogen and oxygen atoms in total. The van der Waals surface area contributed by atoms with Crippen LogP contribution in [0.4, 0.5) is 0 Å². The van der Waals surface area contributed by atoms with E-state index in [4.69, 9.17) is 15.0 Å². The normalized spacial score (nSPS) is 13.0. The fraction of sp³-hybridized carbons (Fsp3) is 0.929. The highest BCUT2D eigenvalue weighted by Gasteiger charge is 2.21. The van der Waals surface area contributed by atoms with Crippen molar-refractivity contribution in [3.8, 4) is 6.07 Å². The van der Waals surface area contributed by atoms with Gasteiger partial charge in [0.1, 0.15) is 0 Å². The van der Waals surface area contributed by atoms with E-state index in [-0.39, 0.29) is 6.42 Å². The lowest BCUT2D eigenvalue weighted by Gasteiger charge is -2.15. The van der Waals surface area contributed by atoms with Crippen LogP contribution < -0.4 is 0 Å². The molecule has 0 saturated heterocycles. The van der Waals surface area contributed by atoms with E-state index in [9.17, 15) is 4.57 Å². The van der Waals surface area contributed by atoms with Crippen molar-refractivity contribution >= 4 is 23.8 Å². The molecule has 124 valence electrons. The quantitative estimate of drug-likeness (QED) is 0.258. The molecule has 0 saturated carbocycles. The Labute approximate surface area is 136 Å². The first-order valence-electron chi connectivity index (χ1n) is 7.66. The zero-order valence-electron chi connectivity index (χ0n) is 12.5. The highest BCUT2D eigenvalue weighted by Crippen LogP contribution is 2.39. The standard InChI is InChI=1S/C14H27BrNO4P/c15-12-9-7-5-3-1-2-4-6-8-10-14(11-13-16)20-21(17,18)19/h14H,1-12H2,(H2,17,18,19). The van der Waals surface area contributed by atoms with Gasteiger partial charge in [0.2, 0.25) is 0 Å². The minimum Gasteiger partial charge on any atom is -0.303 e. The molecule has 1 atom stereocenters. The summed E-state index contributed by atoms with van der Waals surface area (Å²) in [6.45, 7) is 0. The molecule has 0 rings (SSSR count). The Hall–Kier alpha value is 0.0800. The highest BCUT2D eigenvalue weighted by molar-refractivity contribution is 9.09. The van der Waals surface area contributed by atoms with Crippen molar-refractivity contribution in [3.05, 3.63) is 0 Å². The number of phosphoric ester groups is 1. The van der Waals surface area contributed by atoms with Gasteiger partial charge in [-0.3, -0.25) is 4.52 Å². The van der Waals surface area contributed by atoms with E-state index in [2.05, 4.69) is 20.5 Å². The second-order valence-electron chi connectivity index (χ2n) is 5.24. The van der Waals surface area contributed by atoms with Crippen LogP contribution in [0.1, 0.15) is 70.6 Å². The molecular weight excluding hydrogens is 357 g/mol. The molecule has 0 amide bonds. The largest absolute Gasteiger partial charge is 0.469 e. The third-order valence-corrected chi connectivity index (χ3v) is 4.40. The number of halogens is 1. The van der Waals surface area contributed by atoms with Crippen LogP contribution in [-0.4, -0.2) is 21.2 Å². The van der Waals surface area contributed by atoms with Gasteiger partial charge in [0.25, 0.3) is 0 Å². The Balaban J connectivity index is 3.50. The van der Waals surface area contributed by atoms with E-state index in [0.29, 0.717) is 6.42 Å². The molecule has 0 aromatic heterocycles. The fourth-order valence-corrected chi connectivity index (χ4v) is 3.16. The molecule has 0 spiro atoms. The predicted octanol–water partition coefficient (Wildman–Crippen LogP) is 4.67. The summed E-state index contributed by atoms with van der Waals surface area (Å²) in [6, 6.07) is 1.90. The molecule has 0 heterocycles. The number of alkyl halides is 1. The van der Waals surface area contributed by atoms with E-state index >= 15 is 0 Å². The Bertz CT molecular complexity index is 329. The van der Waals surface area contributed by atoms with Crippen LogP contribution in [0, 0.1) is 11.3 Å². The maximum Gasteiger partial charge on any atom is 0.469 e. The van der Waals surface area contributed by atoms with Gasteiger partial charge in [-0.1, -0.05) is 67.3 Å². The third kappa shape index (κ3) is 16.3. The molecule has 0 aliphatic carbocycles. The fourth-order valence-electron chi connectivity index (χ4n) is 2.19. The second kappa shape index (κ2) is 13.7. The minimum absolute atomic E-state index is 0.0265. The van der Waals surface area contributed by atoms with Gasteiger partial charge < -0.3 is 9.79 Å². The van der Waals surface area contributed by atoms with E-state index < -0.39 is 13.9 Å². The first kappa shape index (κ1) is 21.1. The maximum atomic E-state index is 10.8. The molecule has 1 unspecified atom stereocenters. The molecule has 0 aliphatic rings. The molecule has 0 fully saturated rings. The molecule has 21 heavy (non-hydrogen) atoms. The van der Waals surface area contributed by atoms with Crippen LogP contribution in [0.5, 0.6) is 0 Å². The molecule has 0 bridgehead atoms. The van der Waals surface area contributed by atoms with Crippen molar-refractivity contribution in [2.24, 2.45) is 0 Å². The van der Waals surface area contributed by atoms with Crippen molar-refractivity contribution in [1.82, 2.24) is 0 Å². The van der Waals surface area contributed by atoms with Crippen LogP contribution >= 0.6 is 23.8 Å². The maximum absolute atomic E-state index is 10.8.